The van der Waals surface area contributed by atoms with Gasteiger partial charge in [0.2, 0.25) is 0 Å². The van der Waals surface area contributed by atoms with Crippen LogP contribution in [0.1, 0.15) is 86.6 Å². The number of carbonyl (C=O) groups is 4. The second kappa shape index (κ2) is 16.2. The Morgan fingerprint density at radius 1 is 0.810 bits per heavy atom. The molecule has 0 saturated carbocycles. The first-order chi connectivity index (χ1) is 19.3. The molecule has 2 unspecified atom stereocenters. The Morgan fingerprint density at radius 3 is 1.81 bits per heavy atom. The largest absolute Gasteiger partial charge is 0.513 e. The Kier molecular flexibility index (Phi) is 14.1. The van der Waals surface area contributed by atoms with E-state index in [1.54, 1.807) is 6.92 Å². The number of hydrogen-bond acceptors (Lipinski definition) is 11. The normalized spacial score (nSPS) is 13.9. The molecule has 1 rings (SSSR count). The fourth-order valence-electron chi connectivity index (χ4n) is 3.35. The predicted molar refractivity (Wildman–Crippen MR) is 154 cm³/mol. The summed E-state index contributed by atoms with van der Waals surface area (Å²) in [5.74, 6) is -2.25. The number of carbonyl (C=O) groups excluding carboxylic acids is 3. The molecule has 12 nitrogen and oxygen atoms in total. The molecule has 0 spiro atoms. The van der Waals surface area contributed by atoms with Crippen molar-refractivity contribution in [2.45, 2.75) is 93.2 Å². The minimum atomic E-state index is -1.42. The summed E-state index contributed by atoms with van der Waals surface area (Å²) in [7, 11) is 0. The molecule has 0 bridgehead atoms. The minimum Gasteiger partial charge on any atom is -0.480 e. The van der Waals surface area contributed by atoms with Gasteiger partial charge in [-0.2, -0.15) is 0 Å². The maximum Gasteiger partial charge on any atom is 0.513 e. The minimum absolute atomic E-state index is 0.00547. The summed E-state index contributed by atoms with van der Waals surface area (Å²) in [6, 6.07) is 2.71. The summed E-state index contributed by atoms with van der Waals surface area (Å²) in [5.41, 5.74) is 5.68. The standard InChI is InChI=1S/C30H47NO11/c1-18(2)12-13-37-26(34)40-19(3)14-21(24(31)25(32)33)20-10-11-22(41-27(35)38-16-29(4,5)6)23(15-20)42-28(36)39-17-30(7,8)9/h10-11,15,18-19,21,24H,12-14,16-17,31H2,1-9H3,(H,32,33)/t19?,21?,24-/m0/s1. The van der Waals surface area contributed by atoms with Gasteiger partial charge < -0.3 is 39.3 Å². The number of benzene rings is 1. The Hall–Kier alpha value is -3.54. The van der Waals surface area contributed by atoms with Crippen LogP contribution in [0.3, 0.4) is 0 Å². The van der Waals surface area contributed by atoms with Crippen molar-refractivity contribution in [3.63, 3.8) is 0 Å². The molecule has 0 saturated heterocycles. The zero-order valence-electron chi connectivity index (χ0n) is 26.2. The first kappa shape index (κ1) is 36.5. The maximum absolute atomic E-state index is 12.5. The lowest BCUT2D eigenvalue weighted by Gasteiger charge is -2.25. The van der Waals surface area contributed by atoms with Crippen LogP contribution in [0.4, 0.5) is 14.4 Å². The molecular formula is C30H47NO11. The molecule has 0 radical (unpaired) electrons. The van der Waals surface area contributed by atoms with Crippen molar-refractivity contribution >= 4 is 24.4 Å². The van der Waals surface area contributed by atoms with Crippen molar-refractivity contribution in [1.29, 1.82) is 0 Å². The van der Waals surface area contributed by atoms with Crippen LogP contribution in [-0.2, 0) is 23.7 Å². The molecule has 0 heterocycles. The fraction of sp³-hybridized carbons (Fsp3) is 0.667. The smallest absolute Gasteiger partial charge is 0.480 e. The van der Waals surface area contributed by atoms with Crippen molar-refractivity contribution in [2.75, 3.05) is 19.8 Å². The second-order valence-corrected chi connectivity index (χ2v) is 13.0. The number of carboxylic acid groups (broad SMARTS) is 1. The van der Waals surface area contributed by atoms with Gasteiger partial charge in [-0.3, -0.25) is 4.79 Å². The van der Waals surface area contributed by atoms with E-state index in [4.69, 9.17) is 34.2 Å². The van der Waals surface area contributed by atoms with Crippen molar-refractivity contribution in [2.24, 2.45) is 22.5 Å². The highest BCUT2D eigenvalue weighted by molar-refractivity contribution is 5.75. The lowest BCUT2D eigenvalue weighted by molar-refractivity contribution is -0.139. The third-order valence-electron chi connectivity index (χ3n) is 5.55. The highest BCUT2D eigenvalue weighted by Crippen LogP contribution is 2.35. The summed E-state index contributed by atoms with van der Waals surface area (Å²) in [5, 5.41) is 9.69. The molecule has 0 aromatic heterocycles. The Bertz CT molecular complexity index is 1060. The number of rotatable bonds is 13. The van der Waals surface area contributed by atoms with E-state index >= 15 is 0 Å². The second-order valence-electron chi connectivity index (χ2n) is 13.0. The molecule has 0 aliphatic heterocycles. The van der Waals surface area contributed by atoms with Crippen molar-refractivity contribution in [1.82, 2.24) is 0 Å². The zero-order valence-corrected chi connectivity index (χ0v) is 26.2. The van der Waals surface area contributed by atoms with Gasteiger partial charge in [-0.25, -0.2) is 14.4 Å². The van der Waals surface area contributed by atoms with Crippen molar-refractivity contribution in [3.05, 3.63) is 23.8 Å². The van der Waals surface area contributed by atoms with Gasteiger partial charge in [-0.15, -0.1) is 0 Å². The van der Waals surface area contributed by atoms with Crippen molar-refractivity contribution < 1.29 is 52.7 Å². The Balaban J connectivity index is 3.27. The molecule has 1 aromatic carbocycles. The summed E-state index contributed by atoms with van der Waals surface area (Å²) in [6.07, 6.45) is -3.09. The number of nitrogens with two attached hydrogens (primary N) is 1. The average Bonchev–Trinajstić information content (AvgIpc) is 2.84. The van der Waals surface area contributed by atoms with Crippen LogP contribution < -0.4 is 15.2 Å². The molecule has 12 heteroatoms. The van der Waals surface area contributed by atoms with Gasteiger partial charge in [-0.1, -0.05) is 61.5 Å². The molecule has 0 aliphatic carbocycles. The first-order valence-corrected chi connectivity index (χ1v) is 13.9. The summed E-state index contributed by atoms with van der Waals surface area (Å²) < 4.78 is 31.4. The van der Waals surface area contributed by atoms with Crippen LogP contribution in [0, 0.1) is 16.7 Å². The van der Waals surface area contributed by atoms with Crippen molar-refractivity contribution in [3.8, 4) is 11.5 Å². The van der Waals surface area contributed by atoms with Crippen LogP contribution in [0.2, 0.25) is 0 Å². The monoisotopic (exact) mass is 597 g/mol. The molecule has 0 fully saturated rings. The van der Waals surface area contributed by atoms with Gasteiger partial charge in [0.1, 0.15) is 12.1 Å². The Morgan fingerprint density at radius 2 is 1.33 bits per heavy atom. The number of hydrogen-bond donors (Lipinski definition) is 2. The van der Waals surface area contributed by atoms with E-state index in [1.165, 1.54) is 18.2 Å². The van der Waals surface area contributed by atoms with E-state index in [9.17, 15) is 24.3 Å². The highest BCUT2D eigenvalue weighted by Gasteiger charge is 2.31. The maximum atomic E-state index is 12.5. The molecule has 3 N–H and O–H groups in total. The average molecular weight is 598 g/mol. The fourth-order valence-corrected chi connectivity index (χ4v) is 3.35. The van der Waals surface area contributed by atoms with Crippen LogP contribution in [0.25, 0.3) is 0 Å². The molecule has 0 aliphatic rings. The topological polar surface area (TPSA) is 170 Å². The van der Waals surface area contributed by atoms with E-state index in [2.05, 4.69) is 0 Å². The molecular weight excluding hydrogens is 550 g/mol. The quantitative estimate of drug-likeness (QED) is 0.148. The van der Waals surface area contributed by atoms with Crippen LogP contribution in [0.15, 0.2) is 18.2 Å². The SMILES string of the molecule is CC(C)CCOC(=O)OC(C)CC(c1ccc(OC(=O)OCC(C)(C)C)c(OC(=O)OCC(C)(C)C)c1)[C@H](N)C(=O)O. The van der Waals surface area contributed by atoms with Gasteiger partial charge in [-0.05, 0) is 54.2 Å². The highest BCUT2D eigenvalue weighted by atomic mass is 16.7. The lowest BCUT2D eigenvalue weighted by Crippen LogP contribution is -2.38. The molecule has 42 heavy (non-hydrogen) atoms. The molecule has 3 atom stereocenters. The van der Waals surface area contributed by atoms with Crippen LogP contribution in [0.5, 0.6) is 11.5 Å². The summed E-state index contributed by atoms with van der Waals surface area (Å²) in [6.45, 7) is 17.1. The first-order valence-electron chi connectivity index (χ1n) is 13.9. The van der Waals surface area contributed by atoms with Gasteiger partial charge in [0, 0.05) is 5.92 Å². The summed E-state index contributed by atoms with van der Waals surface area (Å²) >= 11 is 0. The van der Waals surface area contributed by atoms with E-state index in [-0.39, 0.29) is 48.6 Å². The zero-order chi connectivity index (χ0) is 32.3. The van der Waals surface area contributed by atoms with E-state index in [0.29, 0.717) is 17.9 Å². The van der Waals surface area contributed by atoms with Crippen LogP contribution >= 0.6 is 0 Å². The van der Waals surface area contributed by atoms with E-state index in [1.807, 2.05) is 55.4 Å². The third-order valence-corrected chi connectivity index (χ3v) is 5.55. The van der Waals surface area contributed by atoms with Gasteiger partial charge in [0.05, 0.1) is 19.8 Å². The van der Waals surface area contributed by atoms with E-state index < -0.39 is 42.5 Å². The summed E-state index contributed by atoms with van der Waals surface area (Å²) in [4.78, 5) is 48.8. The molecule has 238 valence electrons. The number of aliphatic carboxylic acids is 1. The number of carboxylic acids is 1. The lowest BCUT2D eigenvalue weighted by atomic mass is 9.87. The predicted octanol–water partition coefficient (Wildman–Crippen LogP) is 6.28. The van der Waals surface area contributed by atoms with Crippen LogP contribution in [-0.4, -0.2) is 61.5 Å². The van der Waals surface area contributed by atoms with Gasteiger partial charge >= 0.3 is 24.4 Å². The molecule has 1 aromatic rings. The van der Waals surface area contributed by atoms with E-state index in [0.717, 1.165) is 0 Å². The third kappa shape index (κ3) is 14.9. The number of ether oxygens (including phenoxy) is 6. The van der Waals surface area contributed by atoms with Gasteiger partial charge in [0.25, 0.3) is 0 Å². The van der Waals surface area contributed by atoms with Gasteiger partial charge in [0.15, 0.2) is 11.5 Å². The Labute approximate surface area is 248 Å². The molecule has 0 amide bonds.